The molecule has 0 radical (unpaired) electrons. The summed E-state index contributed by atoms with van der Waals surface area (Å²) in [5, 5.41) is 0. The smallest absolute Gasteiger partial charge is 0.307 e. The zero-order valence-electron chi connectivity index (χ0n) is 13.9. The molecule has 130 valence electrons. The molecule has 0 atom stereocenters. The number of nitrogens with zero attached hydrogens (tertiary/aromatic N) is 1. The lowest BCUT2D eigenvalue weighted by atomic mass is 10.1. The molecule has 0 N–H and O–H groups in total. The number of carbonyl (C=O) groups is 2. The van der Waals surface area contributed by atoms with Crippen molar-refractivity contribution in [1.29, 1.82) is 0 Å². The van der Waals surface area contributed by atoms with Gasteiger partial charge in [0.15, 0.2) is 11.5 Å². The molecule has 1 heterocycles. The van der Waals surface area contributed by atoms with Crippen molar-refractivity contribution in [2.24, 2.45) is 0 Å². The number of fused-ring (bicyclic) bond motifs is 1. The number of carbonyl (C=O) groups excluding carboxylic acids is 2. The van der Waals surface area contributed by atoms with Gasteiger partial charge in [0.25, 0.3) is 5.91 Å². The Morgan fingerprint density at radius 1 is 1.08 bits per heavy atom. The van der Waals surface area contributed by atoms with Gasteiger partial charge in [0.05, 0.1) is 13.5 Å². The topological polar surface area (TPSA) is 65.1 Å². The summed E-state index contributed by atoms with van der Waals surface area (Å²) in [5.74, 6) is 0.871. The van der Waals surface area contributed by atoms with Crippen LogP contribution in [0.4, 0.5) is 0 Å². The van der Waals surface area contributed by atoms with Gasteiger partial charge in [-0.3, -0.25) is 9.59 Å². The molecule has 0 unspecified atom stereocenters. The van der Waals surface area contributed by atoms with E-state index in [1.807, 2.05) is 36.4 Å². The summed E-state index contributed by atoms with van der Waals surface area (Å²) in [5.41, 5.74) is 1.48. The van der Waals surface area contributed by atoms with E-state index in [-0.39, 0.29) is 31.6 Å². The maximum atomic E-state index is 12.8. The molecule has 2 aromatic rings. The van der Waals surface area contributed by atoms with Crippen molar-refractivity contribution in [3.05, 3.63) is 59.7 Å². The number of rotatable bonds is 6. The van der Waals surface area contributed by atoms with E-state index in [9.17, 15) is 9.59 Å². The van der Waals surface area contributed by atoms with Gasteiger partial charge in [0, 0.05) is 18.7 Å². The third kappa shape index (κ3) is 4.09. The van der Waals surface area contributed by atoms with E-state index in [1.54, 1.807) is 17.0 Å². The number of hydrogen-bond acceptors (Lipinski definition) is 5. The Hall–Kier alpha value is -3.02. The molecular weight excluding hydrogens is 322 g/mol. The molecule has 0 bridgehead atoms. The maximum absolute atomic E-state index is 12.8. The minimum absolute atomic E-state index is 0.137. The minimum Gasteiger partial charge on any atom is -0.469 e. The molecule has 3 rings (SSSR count). The molecule has 0 fully saturated rings. The first kappa shape index (κ1) is 16.8. The van der Waals surface area contributed by atoms with Gasteiger partial charge in [-0.25, -0.2) is 0 Å². The minimum atomic E-state index is -0.350. The summed E-state index contributed by atoms with van der Waals surface area (Å²) >= 11 is 0. The van der Waals surface area contributed by atoms with Crippen molar-refractivity contribution in [2.45, 2.75) is 13.0 Å². The number of esters is 1. The van der Waals surface area contributed by atoms with Crippen LogP contribution in [0.3, 0.4) is 0 Å². The predicted octanol–water partition coefficient (Wildman–Crippen LogP) is 2.62. The Morgan fingerprint density at radius 3 is 2.60 bits per heavy atom. The third-order valence-electron chi connectivity index (χ3n) is 3.93. The van der Waals surface area contributed by atoms with Crippen LogP contribution in [0.25, 0.3) is 0 Å². The van der Waals surface area contributed by atoms with E-state index in [1.165, 1.54) is 7.11 Å². The number of methoxy groups -OCH3 is 1. The number of amides is 1. The van der Waals surface area contributed by atoms with Gasteiger partial charge in [-0.2, -0.15) is 0 Å². The molecular formula is C19H19NO5. The van der Waals surface area contributed by atoms with E-state index < -0.39 is 0 Å². The van der Waals surface area contributed by atoms with Crippen LogP contribution in [-0.2, 0) is 16.1 Å². The molecule has 0 aliphatic carbocycles. The lowest BCUT2D eigenvalue weighted by Crippen LogP contribution is -2.32. The van der Waals surface area contributed by atoms with Crippen molar-refractivity contribution >= 4 is 11.9 Å². The highest BCUT2D eigenvalue weighted by Crippen LogP contribution is 2.32. The summed E-state index contributed by atoms with van der Waals surface area (Å²) < 4.78 is 15.4. The standard InChI is InChI=1S/C19H19NO5/c1-23-18(21)9-10-20(19(22)15-5-3-2-4-6-15)12-14-7-8-16-17(11-14)25-13-24-16/h2-8,11H,9-10,12-13H2,1H3. The highest BCUT2D eigenvalue weighted by atomic mass is 16.7. The largest absolute Gasteiger partial charge is 0.469 e. The van der Waals surface area contributed by atoms with E-state index in [0.717, 1.165) is 5.56 Å². The Bertz CT molecular complexity index is 760. The molecule has 1 aliphatic heterocycles. The summed E-state index contributed by atoms with van der Waals surface area (Å²) in [4.78, 5) is 25.9. The first-order valence-electron chi connectivity index (χ1n) is 7.97. The Balaban J connectivity index is 1.78. The van der Waals surface area contributed by atoms with Gasteiger partial charge in [-0.1, -0.05) is 24.3 Å². The molecule has 1 amide bonds. The molecule has 6 heteroatoms. The SMILES string of the molecule is COC(=O)CCN(Cc1ccc2c(c1)OCO2)C(=O)c1ccccc1. The molecule has 0 spiro atoms. The van der Waals surface area contributed by atoms with Crippen LogP contribution in [-0.4, -0.2) is 37.2 Å². The summed E-state index contributed by atoms with van der Waals surface area (Å²) in [6, 6.07) is 14.6. The normalized spacial score (nSPS) is 11.9. The van der Waals surface area contributed by atoms with Crippen LogP contribution in [0.5, 0.6) is 11.5 Å². The molecule has 6 nitrogen and oxygen atoms in total. The zero-order chi connectivity index (χ0) is 17.6. The van der Waals surface area contributed by atoms with E-state index in [4.69, 9.17) is 9.47 Å². The van der Waals surface area contributed by atoms with E-state index in [0.29, 0.717) is 23.6 Å². The van der Waals surface area contributed by atoms with E-state index in [2.05, 4.69) is 4.74 Å². The summed E-state index contributed by atoms with van der Waals surface area (Å²) in [6.07, 6.45) is 0.139. The quantitative estimate of drug-likeness (QED) is 0.756. The van der Waals surface area contributed by atoms with Crippen LogP contribution >= 0.6 is 0 Å². The molecule has 1 aliphatic rings. The van der Waals surface area contributed by atoms with Crippen LogP contribution < -0.4 is 9.47 Å². The van der Waals surface area contributed by atoms with E-state index >= 15 is 0 Å². The Labute approximate surface area is 145 Å². The molecule has 25 heavy (non-hydrogen) atoms. The van der Waals surface area contributed by atoms with Crippen molar-refractivity contribution in [2.75, 3.05) is 20.4 Å². The van der Waals surface area contributed by atoms with Gasteiger partial charge in [0.2, 0.25) is 6.79 Å². The van der Waals surface area contributed by atoms with Gasteiger partial charge in [-0.15, -0.1) is 0 Å². The van der Waals surface area contributed by atoms with Gasteiger partial charge in [-0.05, 0) is 29.8 Å². The van der Waals surface area contributed by atoms with Crippen molar-refractivity contribution < 1.29 is 23.8 Å². The third-order valence-corrected chi connectivity index (χ3v) is 3.93. The van der Waals surface area contributed by atoms with Crippen LogP contribution in [0.2, 0.25) is 0 Å². The summed E-state index contributed by atoms with van der Waals surface area (Å²) in [6.45, 7) is 0.837. The second-order valence-electron chi connectivity index (χ2n) is 5.61. The first-order valence-corrected chi connectivity index (χ1v) is 7.97. The zero-order valence-corrected chi connectivity index (χ0v) is 13.9. The van der Waals surface area contributed by atoms with Crippen molar-refractivity contribution in [3.8, 4) is 11.5 Å². The average Bonchev–Trinajstić information content (AvgIpc) is 3.12. The lowest BCUT2D eigenvalue weighted by Gasteiger charge is -2.22. The highest BCUT2D eigenvalue weighted by molar-refractivity contribution is 5.94. The van der Waals surface area contributed by atoms with Gasteiger partial charge < -0.3 is 19.1 Å². The van der Waals surface area contributed by atoms with Crippen LogP contribution in [0.1, 0.15) is 22.3 Å². The molecule has 0 saturated heterocycles. The lowest BCUT2D eigenvalue weighted by molar-refractivity contribution is -0.140. The fourth-order valence-corrected chi connectivity index (χ4v) is 2.60. The Morgan fingerprint density at radius 2 is 1.84 bits per heavy atom. The fourth-order valence-electron chi connectivity index (χ4n) is 2.60. The second-order valence-corrected chi connectivity index (χ2v) is 5.61. The van der Waals surface area contributed by atoms with Gasteiger partial charge >= 0.3 is 5.97 Å². The predicted molar refractivity (Wildman–Crippen MR) is 90.4 cm³/mol. The second kappa shape index (κ2) is 7.70. The van der Waals surface area contributed by atoms with Gasteiger partial charge in [0.1, 0.15) is 0 Å². The number of benzene rings is 2. The maximum Gasteiger partial charge on any atom is 0.307 e. The highest BCUT2D eigenvalue weighted by Gasteiger charge is 2.19. The number of ether oxygens (including phenoxy) is 3. The van der Waals surface area contributed by atoms with Crippen molar-refractivity contribution in [3.63, 3.8) is 0 Å². The van der Waals surface area contributed by atoms with Crippen molar-refractivity contribution in [1.82, 2.24) is 4.90 Å². The fraction of sp³-hybridized carbons (Fsp3) is 0.263. The molecule has 2 aromatic carbocycles. The van der Waals surface area contributed by atoms with Crippen LogP contribution in [0, 0.1) is 0 Å². The summed E-state index contributed by atoms with van der Waals surface area (Å²) in [7, 11) is 1.34. The number of hydrogen-bond donors (Lipinski definition) is 0. The monoisotopic (exact) mass is 341 g/mol. The van der Waals surface area contributed by atoms with Crippen LogP contribution in [0.15, 0.2) is 48.5 Å². The Kier molecular flexibility index (Phi) is 5.18. The average molecular weight is 341 g/mol. The molecule has 0 saturated carbocycles. The first-order chi connectivity index (χ1) is 12.2. The molecule has 0 aromatic heterocycles.